The monoisotopic (exact) mass is 455 g/mol. The summed E-state index contributed by atoms with van der Waals surface area (Å²) in [6, 6.07) is 16.1. The molecule has 0 unspecified atom stereocenters. The van der Waals surface area contributed by atoms with Crippen LogP contribution in [0.5, 0.6) is 5.75 Å². The molecule has 0 fully saturated rings. The van der Waals surface area contributed by atoms with Crippen molar-refractivity contribution < 1.29 is 33.0 Å². The van der Waals surface area contributed by atoms with E-state index in [1.807, 2.05) is 0 Å². The fourth-order valence-corrected chi connectivity index (χ4v) is 4.04. The number of esters is 1. The molecule has 0 radical (unpaired) electrons. The number of ether oxygens (including phenoxy) is 1. The van der Waals surface area contributed by atoms with Crippen molar-refractivity contribution in [1.82, 2.24) is 0 Å². The van der Waals surface area contributed by atoms with E-state index in [0.717, 1.165) is 12.1 Å². The zero-order chi connectivity index (χ0) is 23.5. The first-order valence-corrected chi connectivity index (χ1v) is 11.1. The first-order valence-electron chi connectivity index (χ1n) is 9.57. The van der Waals surface area contributed by atoms with E-state index >= 15 is 0 Å². The lowest BCUT2D eigenvalue weighted by Gasteiger charge is -2.12. The molecule has 32 heavy (non-hydrogen) atoms. The van der Waals surface area contributed by atoms with Crippen molar-refractivity contribution in [1.29, 1.82) is 0 Å². The van der Waals surface area contributed by atoms with Gasteiger partial charge in [0.25, 0.3) is 10.0 Å². The van der Waals surface area contributed by atoms with Crippen molar-refractivity contribution in [3.05, 3.63) is 77.9 Å². The van der Waals surface area contributed by atoms with Gasteiger partial charge in [0, 0.05) is 6.07 Å². The Bertz CT molecular complexity index is 1280. The van der Waals surface area contributed by atoms with Crippen molar-refractivity contribution in [2.45, 2.75) is 24.8 Å². The molecule has 0 spiro atoms. The summed E-state index contributed by atoms with van der Waals surface area (Å²) in [6.07, 6.45) is -0.269. The smallest absolute Gasteiger partial charge is 0.339 e. The zero-order valence-electron chi connectivity index (χ0n) is 17.3. The van der Waals surface area contributed by atoms with Crippen LogP contribution >= 0.6 is 0 Å². The number of hydrogen-bond donors (Lipinski definition) is 3. The Hall–Kier alpha value is -3.85. The number of aromatic carboxylic acids is 1. The third-order valence-corrected chi connectivity index (χ3v) is 5.78. The van der Waals surface area contributed by atoms with E-state index in [9.17, 15) is 23.1 Å². The van der Waals surface area contributed by atoms with Gasteiger partial charge >= 0.3 is 11.9 Å². The molecule has 8 nitrogen and oxygen atoms in total. The van der Waals surface area contributed by atoms with E-state index in [1.54, 1.807) is 50.2 Å². The van der Waals surface area contributed by atoms with Gasteiger partial charge in [0.2, 0.25) is 0 Å². The summed E-state index contributed by atoms with van der Waals surface area (Å²) in [5.74, 6) is -2.36. The minimum Gasteiger partial charge on any atom is -0.507 e. The number of anilines is 1. The molecule has 0 aliphatic carbocycles. The Balaban J connectivity index is 1.89. The molecular formula is C23H21NO7S. The van der Waals surface area contributed by atoms with Gasteiger partial charge in [-0.15, -0.1) is 0 Å². The number of sulfonamides is 1. The molecule has 3 N–H and O–H groups in total. The highest BCUT2D eigenvalue weighted by atomic mass is 32.2. The Kier molecular flexibility index (Phi) is 6.50. The first kappa shape index (κ1) is 22.8. The lowest BCUT2D eigenvalue weighted by atomic mass is 10.0. The Morgan fingerprint density at radius 3 is 2.22 bits per heavy atom. The highest BCUT2D eigenvalue weighted by molar-refractivity contribution is 7.92. The molecule has 3 rings (SSSR count). The van der Waals surface area contributed by atoms with E-state index in [-0.39, 0.29) is 22.3 Å². The number of phenols is 1. The number of rotatable bonds is 7. The summed E-state index contributed by atoms with van der Waals surface area (Å²) in [7, 11) is -4.04. The molecule has 0 aliphatic rings. The maximum atomic E-state index is 12.8. The molecule has 0 saturated heterocycles. The highest BCUT2D eigenvalue weighted by Gasteiger charge is 2.18. The number of hydrogen-bond acceptors (Lipinski definition) is 6. The van der Waals surface area contributed by atoms with Crippen LogP contribution in [0.3, 0.4) is 0 Å². The van der Waals surface area contributed by atoms with Crippen molar-refractivity contribution in [3.63, 3.8) is 0 Å². The summed E-state index contributed by atoms with van der Waals surface area (Å²) in [5, 5.41) is 18.8. The molecule has 166 valence electrons. The van der Waals surface area contributed by atoms with Crippen LogP contribution in [0.1, 0.15) is 34.6 Å². The maximum Gasteiger partial charge on any atom is 0.339 e. The SMILES string of the molecule is CC(C)OC(=O)c1cccc(-c2cccc(S(=O)(=O)Nc3ccc(C(=O)O)c(O)c3)c2)c1. The van der Waals surface area contributed by atoms with Crippen LogP contribution in [-0.2, 0) is 14.8 Å². The third-order valence-electron chi connectivity index (χ3n) is 4.40. The summed E-state index contributed by atoms with van der Waals surface area (Å²) < 4.78 is 33.2. The van der Waals surface area contributed by atoms with Gasteiger partial charge in [-0.05, 0) is 61.4 Å². The number of benzene rings is 3. The van der Waals surface area contributed by atoms with Gasteiger partial charge in [0.05, 0.1) is 22.3 Å². The van der Waals surface area contributed by atoms with Crippen LogP contribution in [0.15, 0.2) is 71.6 Å². The van der Waals surface area contributed by atoms with Gasteiger partial charge < -0.3 is 14.9 Å². The number of nitrogens with one attached hydrogen (secondary N) is 1. The van der Waals surface area contributed by atoms with E-state index in [4.69, 9.17) is 9.84 Å². The topological polar surface area (TPSA) is 130 Å². The summed E-state index contributed by atoms with van der Waals surface area (Å²) in [6.45, 7) is 3.50. The maximum absolute atomic E-state index is 12.8. The molecule has 0 bridgehead atoms. The minimum atomic E-state index is -4.04. The molecule has 3 aromatic carbocycles. The van der Waals surface area contributed by atoms with Gasteiger partial charge in [-0.25, -0.2) is 18.0 Å². The van der Waals surface area contributed by atoms with E-state index in [1.165, 1.54) is 18.2 Å². The minimum absolute atomic E-state index is 0.0105. The fraction of sp³-hybridized carbons (Fsp3) is 0.130. The van der Waals surface area contributed by atoms with Crippen LogP contribution in [0.4, 0.5) is 5.69 Å². The molecule has 0 aliphatic heterocycles. The Morgan fingerprint density at radius 1 is 0.938 bits per heavy atom. The van der Waals surface area contributed by atoms with Crippen molar-refractivity contribution in [2.75, 3.05) is 4.72 Å². The number of carboxylic acid groups (broad SMARTS) is 1. The fourth-order valence-electron chi connectivity index (χ4n) is 2.94. The predicted octanol–water partition coefficient (Wildman–Crippen LogP) is 4.12. The molecule has 0 amide bonds. The van der Waals surface area contributed by atoms with Crippen molar-refractivity contribution >= 4 is 27.6 Å². The second-order valence-corrected chi connectivity index (χ2v) is 8.89. The van der Waals surface area contributed by atoms with Crippen LogP contribution in [0.2, 0.25) is 0 Å². The molecule has 9 heteroatoms. The van der Waals surface area contributed by atoms with E-state index < -0.39 is 27.7 Å². The first-order chi connectivity index (χ1) is 15.1. The van der Waals surface area contributed by atoms with Crippen molar-refractivity contribution in [3.8, 4) is 16.9 Å². The Labute approximate surface area is 185 Å². The average Bonchev–Trinajstić information content (AvgIpc) is 2.73. The average molecular weight is 455 g/mol. The predicted molar refractivity (Wildman–Crippen MR) is 118 cm³/mol. The second kappa shape index (κ2) is 9.11. The van der Waals surface area contributed by atoms with Gasteiger partial charge in [-0.2, -0.15) is 0 Å². The molecule has 0 heterocycles. The highest BCUT2D eigenvalue weighted by Crippen LogP contribution is 2.27. The third kappa shape index (κ3) is 5.25. The lowest BCUT2D eigenvalue weighted by Crippen LogP contribution is -2.13. The molecule has 3 aromatic rings. The normalized spacial score (nSPS) is 11.2. The summed E-state index contributed by atoms with van der Waals surface area (Å²) in [4.78, 5) is 23.1. The standard InChI is InChI=1S/C23H21NO7S/c1-14(2)31-23(28)17-7-3-5-15(11-17)16-6-4-8-19(12-16)32(29,30)24-18-9-10-20(22(26)27)21(25)13-18/h3-14,24-25H,1-2H3,(H,26,27). The summed E-state index contributed by atoms with van der Waals surface area (Å²) >= 11 is 0. The van der Waals surface area contributed by atoms with E-state index in [2.05, 4.69) is 4.72 Å². The number of carbonyl (C=O) groups is 2. The van der Waals surface area contributed by atoms with Crippen LogP contribution in [-0.4, -0.2) is 36.7 Å². The lowest BCUT2D eigenvalue weighted by molar-refractivity contribution is 0.0377. The Morgan fingerprint density at radius 2 is 1.59 bits per heavy atom. The van der Waals surface area contributed by atoms with Crippen LogP contribution in [0.25, 0.3) is 11.1 Å². The van der Waals surface area contributed by atoms with Crippen LogP contribution < -0.4 is 4.72 Å². The molecule has 0 atom stereocenters. The van der Waals surface area contributed by atoms with Gasteiger partial charge in [-0.3, -0.25) is 4.72 Å². The number of carbonyl (C=O) groups excluding carboxylic acids is 1. The zero-order valence-corrected chi connectivity index (χ0v) is 18.1. The van der Waals surface area contributed by atoms with Crippen LogP contribution in [0, 0.1) is 0 Å². The van der Waals surface area contributed by atoms with Crippen molar-refractivity contribution in [2.24, 2.45) is 0 Å². The summed E-state index contributed by atoms with van der Waals surface area (Å²) in [5.41, 5.74) is 1.21. The van der Waals surface area contributed by atoms with E-state index in [0.29, 0.717) is 16.7 Å². The van der Waals surface area contributed by atoms with Gasteiger partial charge in [-0.1, -0.05) is 24.3 Å². The largest absolute Gasteiger partial charge is 0.507 e. The second-order valence-electron chi connectivity index (χ2n) is 7.21. The molecular weight excluding hydrogens is 434 g/mol. The van der Waals surface area contributed by atoms with Gasteiger partial charge in [0.15, 0.2) is 0 Å². The quantitative estimate of drug-likeness (QED) is 0.457. The molecule has 0 saturated carbocycles. The van der Waals surface area contributed by atoms with Gasteiger partial charge in [0.1, 0.15) is 11.3 Å². The number of carboxylic acids is 1. The number of aromatic hydroxyl groups is 1. The molecule has 0 aromatic heterocycles.